The molecule has 2 rings (SSSR count). The lowest BCUT2D eigenvalue weighted by Crippen LogP contribution is -1.97. The molecule has 78 valence electrons. The maximum absolute atomic E-state index is 5.70. The van der Waals surface area contributed by atoms with Gasteiger partial charge < -0.3 is 5.73 Å². The van der Waals surface area contributed by atoms with Crippen LogP contribution in [0.4, 0.5) is 0 Å². The van der Waals surface area contributed by atoms with Crippen molar-refractivity contribution in [2.45, 2.75) is 15.6 Å². The smallest absolute Gasteiger partial charge is 0.0646 e. The van der Waals surface area contributed by atoms with Gasteiger partial charge in [-0.3, -0.25) is 0 Å². The second kappa shape index (κ2) is 5.16. The molecule has 0 fully saturated rings. The summed E-state index contributed by atoms with van der Waals surface area (Å²) in [5.74, 6) is 0. The van der Waals surface area contributed by atoms with Gasteiger partial charge in [0.25, 0.3) is 0 Å². The van der Waals surface area contributed by atoms with Gasteiger partial charge in [0.2, 0.25) is 0 Å². The van der Waals surface area contributed by atoms with Crippen molar-refractivity contribution in [3.05, 3.63) is 45.7 Å². The van der Waals surface area contributed by atoms with Crippen LogP contribution in [0.1, 0.15) is 5.56 Å². The van der Waals surface area contributed by atoms with Gasteiger partial charge in [-0.1, -0.05) is 39.8 Å². The van der Waals surface area contributed by atoms with Gasteiger partial charge >= 0.3 is 0 Å². The Hall–Kier alpha value is -0.290. The molecule has 1 nitrogen and oxygen atoms in total. The summed E-state index contributed by atoms with van der Waals surface area (Å²) >= 11 is 7.00. The fraction of sp³-hybridized carbons (Fsp3) is 0.0909. The molecule has 1 aromatic heterocycles. The Morgan fingerprint density at radius 2 is 2.20 bits per heavy atom. The Kier molecular flexibility index (Phi) is 3.86. The molecule has 0 amide bonds. The molecule has 0 aliphatic rings. The normalized spacial score (nSPS) is 10.5. The zero-order valence-electron chi connectivity index (χ0n) is 7.94. The summed E-state index contributed by atoms with van der Waals surface area (Å²) in [6.07, 6.45) is 0. The standard InChI is InChI=1S/C11H10BrNS2/c12-9-4-3-8(7-13)10(6-9)15-11-2-1-5-14-11/h1-6H,7,13H2. The summed E-state index contributed by atoms with van der Waals surface area (Å²) in [6.45, 7) is 0.584. The highest BCUT2D eigenvalue weighted by molar-refractivity contribution is 9.10. The van der Waals surface area contributed by atoms with Crippen molar-refractivity contribution in [1.82, 2.24) is 0 Å². The monoisotopic (exact) mass is 299 g/mol. The number of nitrogens with two attached hydrogens (primary N) is 1. The number of rotatable bonds is 3. The lowest BCUT2D eigenvalue weighted by atomic mass is 10.2. The third kappa shape index (κ3) is 2.84. The quantitative estimate of drug-likeness (QED) is 0.922. The molecule has 2 N–H and O–H groups in total. The first kappa shape index (κ1) is 11.2. The van der Waals surface area contributed by atoms with Crippen molar-refractivity contribution in [2.75, 3.05) is 0 Å². The van der Waals surface area contributed by atoms with Gasteiger partial charge in [0.05, 0.1) is 4.21 Å². The van der Waals surface area contributed by atoms with E-state index in [2.05, 4.69) is 45.6 Å². The molecule has 0 spiro atoms. The van der Waals surface area contributed by atoms with Crippen LogP contribution in [0.15, 0.2) is 49.3 Å². The molecule has 0 unspecified atom stereocenters. The van der Waals surface area contributed by atoms with Crippen LogP contribution < -0.4 is 5.73 Å². The van der Waals surface area contributed by atoms with Crippen LogP contribution in [0.25, 0.3) is 0 Å². The van der Waals surface area contributed by atoms with Gasteiger partial charge in [0, 0.05) is 15.9 Å². The third-order valence-corrected chi connectivity index (χ3v) is 4.59. The Balaban J connectivity index is 2.30. The first-order valence-corrected chi connectivity index (χ1v) is 6.98. The van der Waals surface area contributed by atoms with Crippen LogP contribution in [0.2, 0.25) is 0 Å². The van der Waals surface area contributed by atoms with Crippen molar-refractivity contribution in [3.8, 4) is 0 Å². The van der Waals surface area contributed by atoms with Crippen LogP contribution in [-0.2, 0) is 6.54 Å². The van der Waals surface area contributed by atoms with E-state index in [4.69, 9.17) is 5.73 Å². The van der Waals surface area contributed by atoms with E-state index in [-0.39, 0.29) is 0 Å². The largest absolute Gasteiger partial charge is 0.326 e. The Morgan fingerprint density at radius 1 is 1.33 bits per heavy atom. The summed E-state index contributed by atoms with van der Waals surface area (Å²) in [5, 5.41) is 2.09. The molecule has 4 heteroatoms. The minimum atomic E-state index is 0.584. The van der Waals surface area contributed by atoms with Gasteiger partial charge in [-0.05, 0) is 29.1 Å². The molecule has 0 bridgehead atoms. The number of hydrogen-bond donors (Lipinski definition) is 1. The molecule has 1 heterocycles. The first-order chi connectivity index (χ1) is 7.29. The van der Waals surface area contributed by atoms with E-state index in [0.29, 0.717) is 6.54 Å². The van der Waals surface area contributed by atoms with E-state index in [1.807, 2.05) is 6.07 Å². The SMILES string of the molecule is NCc1ccc(Br)cc1Sc1cccs1. The molecule has 1 aromatic carbocycles. The van der Waals surface area contributed by atoms with Crippen LogP contribution >= 0.6 is 39.0 Å². The highest BCUT2D eigenvalue weighted by Gasteiger charge is 2.04. The van der Waals surface area contributed by atoms with Gasteiger partial charge in [0.1, 0.15) is 0 Å². The van der Waals surface area contributed by atoms with Gasteiger partial charge in [0.15, 0.2) is 0 Å². The van der Waals surface area contributed by atoms with Crippen molar-refractivity contribution in [1.29, 1.82) is 0 Å². The van der Waals surface area contributed by atoms with E-state index in [9.17, 15) is 0 Å². The molecule has 0 atom stereocenters. The lowest BCUT2D eigenvalue weighted by Gasteiger charge is -2.06. The van der Waals surface area contributed by atoms with Crippen LogP contribution in [-0.4, -0.2) is 0 Å². The summed E-state index contributed by atoms with van der Waals surface area (Å²) < 4.78 is 2.39. The van der Waals surface area contributed by atoms with E-state index >= 15 is 0 Å². The van der Waals surface area contributed by atoms with E-state index in [0.717, 1.165) is 4.47 Å². The molecule has 0 aliphatic carbocycles. The molecule has 0 aliphatic heterocycles. The molecule has 0 saturated carbocycles. The van der Waals surface area contributed by atoms with Gasteiger partial charge in [-0.25, -0.2) is 0 Å². The minimum absolute atomic E-state index is 0.584. The maximum atomic E-state index is 5.70. The predicted octanol–water partition coefficient (Wildman–Crippen LogP) is 4.12. The van der Waals surface area contributed by atoms with Crippen molar-refractivity contribution in [3.63, 3.8) is 0 Å². The van der Waals surface area contributed by atoms with Crippen molar-refractivity contribution >= 4 is 39.0 Å². The third-order valence-electron chi connectivity index (χ3n) is 1.95. The number of thiophene rings is 1. The maximum Gasteiger partial charge on any atom is 0.0646 e. The summed E-state index contributed by atoms with van der Waals surface area (Å²) in [7, 11) is 0. The number of halogens is 1. The predicted molar refractivity (Wildman–Crippen MR) is 70.5 cm³/mol. The molecular weight excluding hydrogens is 290 g/mol. The molecule has 0 radical (unpaired) electrons. The Morgan fingerprint density at radius 3 is 2.87 bits per heavy atom. The summed E-state index contributed by atoms with van der Waals surface area (Å²) in [5.41, 5.74) is 6.90. The lowest BCUT2D eigenvalue weighted by molar-refractivity contribution is 1.02. The number of hydrogen-bond acceptors (Lipinski definition) is 3. The average molecular weight is 300 g/mol. The molecule has 15 heavy (non-hydrogen) atoms. The van der Waals surface area contributed by atoms with Crippen LogP contribution in [0.3, 0.4) is 0 Å². The molecular formula is C11H10BrNS2. The topological polar surface area (TPSA) is 26.0 Å². The molecule has 0 saturated heterocycles. The fourth-order valence-corrected chi connectivity index (χ4v) is 3.64. The Labute approximate surface area is 106 Å². The number of benzene rings is 1. The van der Waals surface area contributed by atoms with Gasteiger partial charge in [-0.15, -0.1) is 11.3 Å². The highest BCUT2D eigenvalue weighted by Crippen LogP contribution is 2.34. The summed E-state index contributed by atoms with van der Waals surface area (Å²) in [4.78, 5) is 1.23. The van der Waals surface area contributed by atoms with Crippen molar-refractivity contribution < 1.29 is 0 Å². The zero-order chi connectivity index (χ0) is 10.7. The summed E-state index contributed by atoms with van der Waals surface area (Å²) in [6, 6.07) is 10.4. The minimum Gasteiger partial charge on any atom is -0.326 e. The van der Waals surface area contributed by atoms with E-state index < -0.39 is 0 Å². The zero-order valence-corrected chi connectivity index (χ0v) is 11.2. The average Bonchev–Trinajstić information content (AvgIpc) is 2.71. The Bertz CT molecular complexity index is 440. The van der Waals surface area contributed by atoms with Crippen LogP contribution in [0, 0.1) is 0 Å². The fourth-order valence-electron chi connectivity index (χ4n) is 1.22. The second-order valence-electron chi connectivity index (χ2n) is 2.99. The molecule has 2 aromatic rings. The highest BCUT2D eigenvalue weighted by atomic mass is 79.9. The van der Waals surface area contributed by atoms with E-state index in [1.165, 1.54) is 14.7 Å². The van der Waals surface area contributed by atoms with Gasteiger partial charge in [-0.2, -0.15) is 0 Å². The van der Waals surface area contributed by atoms with Crippen LogP contribution in [0.5, 0.6) is 0 Å². The second-order valence-corrected chi connectivity index (χ2v) is 6.20. The first-order valence-electron chi connectivity index (χ1n) is 4.49. The van der Waals surface area contributed by atoms with Crippen molar-refractivity contribution in [2.24, 2.45) is 5.73 Å². The van der Waals surface area contributed by atoms with E-state index in [1.54, 1.807) is 23.1 Å².